The van der Waals surface area contributed by atoms with Gasteiger partial charge in [0.2, 0.25) is 6.16 Å². The van der Waals surface area contributed by atoms with Crippen LogP contribution in [-0.4, -0.2) is 70.7 Å². The summed E-state index contributed by atoms with van der Waals surface area (Å²) in [6, 6.07) is 12.3. The number of carbonyl (C=O) groups is 1. The lowest BCUT2D eigenvalue weighted by Crippen LogP contribution is -2.18. The highest BCUT2D eigenvalue weighted by Gasteiger charge is 2.47. The number of benzene rings is 3. The molecule has 12 nitrogen and oxygen atoms in total. The summed E-state index contributed by atoms with van der Waals surface area (Å²) in [7, 11) is -1.08. The van der Waals surface area contributed by atoms with Crippen LogP contribution in [0, 0.1) is 0 Å². The minimum absolute atomic E-state index is 0.529. The fourth-order valence-electron chi connectivity index (χ4n) is 6.42. The van der Waals surface area contributed by atoms with Crippen LogP contribution < -0.4 is 47.7 Å². The lowest BCUT2D eigenvalue weighted by atomic mass is 10.2. The first-order valence-electron chi connectivity index (χ1n) is 26.0. The van der Waals surface area contributed by atoms with Crippen LogP contribution in [0.5, 0.6) is 51.7 Å². The van der Waals surface area contributed by atoms with Crippen LogP contribution >= 0.6 is 0 Å². The predicted octanol–water partition coefficient (Wildman–Crippen LogP) is 14.3. The SMILES string of the molecule is CCCCOc1cc(OCCCC)c([S+](c2c(OCCCC)cc(OCCCC)cc2OCCCC)c2c(OCCCC)cc(OCCCC)cc2OCCCC)c(OCCCC)c1.O=C([O-])O. The summed E-state index contributed by atoms with van der Waals surface area (Å²) in [4.78, 5) is 11.1. The van der Waals surface area contributed by atoms with E-state index in [1.165, 1.54) is 0 Å². The summed E-state index contributed by atoms with van der Waals surface area (Å²) in [6.07, 6.45) is 15.1. The van der Waals surface area contributed by atoms with Crippen molar-refractivity contribution in [3.05, 3.63) is 36.4 Å². The van der Waals surface area contributed by atoms with E-state index in [1.54, 1.807) is 0 Å². The molecule has 0 fully saturated rings. The molecule has 3 aromatic rings. The Morgan fingerprint density at radius 3 is 0.647 bits per heavy atom. The van der Waals surface area contributed by atoms with Gasteiger partial charge in [0.1, 0.15) is 28.1 Å². The van der Waals surface area contributed by atoms with Crippen molar-refractivity contribution in [1.82, 2.24) is 0 Å². The number of hydrogen-bond acceptors (Lipinski definition) is 11. The van der Waals surface area contributed by atoms with Gasteiger partial charge in [0.15, 0.2) is 34.5 Å². The Hall–Kier alpha value is -4.52. The molecule has 0 aliphatic rings. The van der Waals surface area contributed by atoms with Crippen molar-refractivity contribution in [2.75, 3.05) is 59.5 Å². The minimum atomic E-state index is -2.08. The number of hydrogen-bond donors (Lipinski definition) is 1. The molecule has 0 radical (unpaired) electrons. The fourth-order valence-corrected chi connectivity index (χ4v) is 8.95. The standard InChI is InChI=1S/C54H87O9S.CH2O3/c1-10-19-28-55-43-37-46(58-31-22-13-4)52(47(38-43)59-32-23-14-5)64(53-48(60-33-24-15-6)39-44(56-29-20-11-2)40-49(53)61-34-25-16-7)54-50(62-35-26-17-8)41-45(57-30-21-12-3)42-51(54)63-36-27-18-9;2-1(3)4/h37-42H,10-36H2,1-9H3;(H2,2,3,4)/q+1;/p-1. The number of carboxylic acid groups (broad SMARTS) is 2. The molecule has 3 rings (SSSR count). The molecule has 0 aliphatic carbocycles. The molecule has 386 valence electrons. The average Bonchev–Trinajstić information content (AvgIpc) is 3.31. The third-order valence-electron chi connectivity index (χ3n) is 10.4. The largest absolute Gasteiger partial charge is 0.565 e. The van der Waals surface area contributed by atoms with E-state index < -0.39 is 17.1 Å². The first-order valence-corrected chi connectivity index (χ1v) is 27.2. The van der Waals surface area contributed by atoms with E-state index in [2.05, 4.69) is 98.7 Å². The molecule has 0 saturated heterocycles. The minimum Gasteiger partial charge on any atom is -0.565 e. The normalized spacial score (nSPS) is 10.9. The van der Waals surface area contributed by atoms with E-state index in [-0.39, 0.29) is 0 Å². The van der Waals surface area contributed by atoms with Gasteiger partial charge in [0.25, 0.3) is 14.7 Å². The van der Waals surface area contributed by atoms with Gasteiger partial charge in [-0.15, -0.1) is 0 Å². The number of unbranched alkanes of at least 4 members (excludes halogenated alkanes) is 9. The molecule has 0 unspecified atom stereocenters. The molecule has 0 amide bonds. The van der Waals surface area contributed by atoms with Crippen molar-refractivity contribution in [2.45, 2.75) is 193 Å². The van der Waals surface area contributed by atoms with E-state index in [4.69, 9.17) is 57.6 Å². The Kier molecular flexibility index (Phi) is 32.8. The first-order chi connectivity index (χ1) is 33.2. The van der Waals surface area contributed by atoms with Crippen LogP contribution in [0.3, 0.4) is 0 Å². The fraction of sp³-hybridized carbons (Fsp3) is 0.655. The van der Waals surface area contributed by atoms with Crippen molar-refractivity contribution in [2.24, 2.45) is 0 Å². The van der Waals surface area contributed by atoms with E-state index >= 15 is 0 Å². The van der Waals surface area contributed by atoms with E-state index in [9.17, 15) is 0 Å². The maximum absolute atomic E-state index is 8.44. The molecule has 1 N–H and O–H groups in total. The average molecular weight is 973 g/mol. The Balaban J connectivity index is 0.00000381. The molecule has 0 saturated carbocycles. The van der Waals surface area contributed by atoms with Crippen molar-refractivity contribution < 1.29 is 57.6 Å². The van der Waals surface area contributed by atoms with Gasteiger partial charge in [-0.1, -0.05) is 120 Å². The quantitative estimate of drug-likeness (QED) is 0.0429. The Bertz CT molecular complexity index is 1490. The van der Waals surface area contributed by atoms with E-state index in [0.29, 0.717) is 94.0 Å². The highest BCUT2D eigenvalue weighted by atomic mass is 32.2. The van der Waals surface area contributed by atoms with Crippen LogP contribution in [0.2, 0.25) is 0 Å². The third-order valence-corrected chi connectivity index (χ3v) is 12.9. The molecular formula is C55H88O12S. The molecule has 3 aromatic carbocycles. The second-order valence-corrected chi connectivity index (χ2v) is 18.5. The summed E-state index contributed by atoms with van der Waals surface area (Å²) in [5.41, 5.74) is 0. The van der Waals surface area contributed by atoms with Gasteiger partial charge >= 0.3 is 0 Å². The summed E-state index contributed by atoms with van der Waals surface area (Å²) in [6.45, 7) is 24.6. The van der Waals surface area contributed by atoms with Crippen LogP contribution in [0.1, 0.15) is 178 Å². The van der Waals surface area contributed by atoms with Gasteiger partial charge in [0, 0.05) is 36.4 Å². The number of ether oxygens (including phenoxy) is 9. The molecule has 0 bridgehead atoms. The molecule has 0 heterocycles. The predicted molar refractivity (Wildman–Crippen MR) is 273 cm³/mol. The Morgan fingerprint density at radius 2 is 0.500 bits per heavy atom. The Morgan fingerprint density at radius 1 is 0.353 bits per heavy atom. The van der Waals surface area contributed by atoms with Gasteiger partial charge in [-0.2, -0.15) is 0 Å². The van der Waals surface area contributed by atoms with Crippen LogP contribution in [0.4, 0.5) is 4.79 Å². The Labute approximate surface area is 413 Å². The molecule has 68 heavy (non-hydrogen) atoms. The second-order valence-electron chi connectivity index (χ2n) is 16.6. The van der Waals surface area contributed by atoms with Gasteiger partial charge in [-0.3, -0.25) is 0 Å². The molecule has 0 spiro atoms. The zero-order valence-corrected chi connectivity index (χ0v) is 44.2. The smallest absolute Gasteiger partial charge is 0.250 e. The molecule has 13 heteroatoms. The molecular weight excluding hydrogens is 885 g/mol. The highest BCUT2D eigenvalue weighted by molar-refractivity contribution is 7.97. The topological polar surface area (TPSA) is 143 Å². The maximum atomic E-state index is 8.44. The van der Waals surface area contributed by atoms with Crippen LogP contribution in [0.25, 0.3) is 0 Å². The number of rotatable bonds is 39. The lowest BCUT2D eigenvalue weighted by Gasteiger charge is -2.24. The van der Waals surface area contributed by atoms with Crippen LogP contribution in [-0.2, 0) is 10.9 Å². The summed E-state index contributed by atoms with van der Waals surface area (Å²) < 4.78 is 61.2. The zero-order chi connectivity index (χ0) is 49.8. The van der Waals surface area contributed by atoms with Crippen molar-refractivity contribution in [3.63, 3.8) is 0 Å². The van der Waals surface area contributed by atoms with Gasteiger partial charge in [-0.05, 0) is 57.8 Å². The zero-order valence-electron chi connectivity index (χ0n) is 43.4. The van der Waals surface area contributed by atoms with Crippen molar-refractivity contribution in [1.29, 1.82) is 0 Å². The molecule has 0 aliphatic heterocycles. The lowest BCUT2D eigenvalue weighted by molar-refractivity contribution is -0.275. The monoisotopic (exact) mass is 973 g/mol. The van der Waals surface area contributed by atoms with Gasteiger partial charge < -0.3 is 57.6 Å². The summed E-state index contributed by atoms with van der Waals surface area (Å²) in [5.74, 6) is 6.33. The summed E-state index contributed by atoms with van der Waals surface area (Å²) >= 11 is 0. The maximum Gasteiger partial charge on any atom is 0.250 e. The van der Waals surface area contributed by atoms with Crippen molar-refractivity contribution >= 4 is 17.1 Å². The summed E-state index contributed by atoms with van der Waals surface area (Å²) in [5, 5.41) is 15.3. The first kappa shape index (κ1) is 59.6. The third kappa shape index (κ3) is 22.3. The van der Waals surface area contributed by atoms with Gasteiger partial charge in [-0.25, -0.2) is 0 Å². The van der Waals surface area contributed by atoms with Gasteiger partial charge in [0.05, 0.1) is 59.5 Å². The van der Waals surface area contributed by atoms with E-state index in [0.717, 1.165) is 148 Å². The van der Waals surface area contributed by atoms with Crippen LogP contribution in [0.15, 0.2) is 51.1 Å². The molecule has 0 atom stereocenters. The van der Waals surface area contributed by atoms with E-state index in [1.807, 2.05) is 0 Å². The molecule has 0 aromatic heterocycles. The van der Waals surface area contributed by atoms with Crippen molar-refractivity contribution in [3.8, 4) is 51.7 Å². The highest BCUT2D eigenvalue weighted by Crippen LogP contribution is 2.56. The second kappa shape index (κ2) is 37.4.